The number of hydrogen-bond donors (Lipinski definition) is 3. The Morgan fingerprint density at radius 1 is 1.50 bits per heavy atom. The Morgan fingerprint density at radius 2 is 2.25 bits per heavy atom. The number of thioether (sulfide) groups is 1. The van der Waals surface area contributed by atoms with Crippen LogP contribution in [-0.2, 0) is 10.5 Å². The predicted molar refractivity (Wildman–Crippen MR) is 64.5 cm³/mol. The predicted octanol–water partition coefficient (Wildman–Crippen LogP) is 1.43. The summed E-state index contributed by atoms with van der Waals surface area (Å²) in [4.78, 5) is 10.4. The van der Waals surface area contributed by atoms with Crippen LogP contribution in [0.15, 0.2) is 24.3 Å². The Labute approximate surface area is 98.5 Å². The van der Waals surface area contributed by atoms with Crippen LogP contribution in [0.4, 0.5) is 0 Å². The van der Waals surface area contributed by atoms with Crippen molar-refractivity contribution in [1.29, 1.82) is 0 Å². The molecule has 16 heavy (non-hydrogen) atoms. The molecule has 1 unspecified atom stereocenters. The van der Waals surface area contributed by atoms with Gasteiger partial charge in [0.15, 0.2) is 0 Å². The SMILES string of the molecule is NC(CCSCc1cccc(O)c1)C(=O)O. The summed E-state index contributed by atoms with van der Waals surface area (Å²) in [5.74, 6) is 0.738. The van der Waals surface area contributed by atoms with Crippen LogP contribution >= 0.6 is 11.8 Å². The van der Waals surface area contributed by atoms with E-state index in [1.54, 1.807) is 30.0 Å². The number of carboxylic acids is 1. The molecule has 0 aliphatic carbocycles. The van der Waals surface area contributed by atoms with Gasteiger partial charge in [0.25, 0.3) is 0 Å². The number of phenolic OH excluding ortho intramolecular Hbond substituents is 1. The average molecular weight is 241 g/mol. The summed E-state index contributed by atoms with van der Waals surface area (Å²) < 4.78 is 0. The van der Waals surface area contributed by atoms with Crippen molar-refractivity contribution in [2.45, 2.75) is 18.2 Å². The summed E-state index contributed by atoms with van der Waals surface area (Å²) in [6.07, 6.45) is 0.457. The molecule has 0 fully saturated rings. The van der Waals surface area contributed by atoms with Gasteiger partial charge in [-0.1, -0.05) is 12.1 Å². The van der Waals surface area contributed by atoms with E-state index in [2.05, 4.69) is 0 Å². The van der Waals surface area contributed by atoms with Gasteiger partial charge in [-0.2, -0.15) is 11.8 Å². The molecule has 88 valence electrons. The van der Waals surface area contributed by atoms with Crippen molar-refractivity contribution in [1.82, 2.24) is 0 Å². The van der Waals surface area contributed by atoms with Crippen LogP contribution in [-0.4, -0.2) is 28.0 Å². The topological polar surface area (TPSA) is 83.5 Å². The van der Waals surface area contributed by atoms with Gasteiger partial charge in [-0.25, -0.2) is 0 Å². The minimum Gasteiger partial charge on any atom is -0.508 e. The fourth-order valence-electron chi connectivity index (χ4n) is 1.17. The maximum absolute atomic E-state index is 10.4. The van der Waals surface area contributed by atoms with Crippen molar-refractivity contribution in [3.05, 3.63) is 29.8 Å². The zero-order valence-electron chi connectivity index (χ0n) is 8.80. The van der Waals surface area contributed by atoms with Crippen LogP contribution < -0.4 is 5.73 Å². The van der Waals surface area contributed by atoms with Gasteiger partial charge in [0, 0.05) is 5.75 Å². The first-order chi connectivity index (χ1) is 7.59. The van der Waals surface area contributed by atoms with E-state index in [-0.39, 0.29) is 5.75 Å². The Bertz CT molecular complexity index is 357. The third-order valence-corrected chi connectivity index (χ3v) is 3.13. The third-order valence-electron chi connectivity index (χ3n) is 2.07. The van der Waals surface area contributed by atoms with E-state index >= 15 is 0 Å². The van der Waals surface area contributed by atoms with Crippen molar-refractivity contribution >= 4 is 17.7 Å². The quantitative estimate of drug-likeness (QED) is 0.656. The van der Waals surface area contributed by atoms with Gasteiger partial charge in [0.05, 0.1) is 0 Å². The van der Waals surface area contributed by atoms with Crippen LogP contribution in [0.1, 0.15) is 12.0 Å². The second-order valence-electron chi connectivity index (χ2n) is 3.46. The van der Waals surface area contributed by atoms with Gasteiger partial charge in [0.2, 0.25) is 0 Å². The Kier molecular flexibility index (Phi) is 5.14. The molecule has 0 heterocycles. The number of carboxylic acid groups (broad SMARTS) is 1. The fraction of sp³-hybridized carbons (Fsp3) is 0.364. The van der Waals surface area contributed by atoms with E-state index in [0.29, 0.717) is 12.2 Å². The molecule has 0 amide bonds. The molecular weight excluding hydrogens is 226 g/mol. The third kappa shape index (κ3) is 4.55. The van der Waals surface area contributed by atoms with E-state index in [9.17, 15) is 9.90 Å². The number of hydrogen-bond acceptors (Lipinski definition) is 4. The molecule has 0 saturated carbocycles. The standard InChI is InChI=1S/C11H15NO3S/c12-10(11(14)15)4-5-16-7-8-2-1-3-9(13)6-8/h1-3,6,10,13H,4-5,7,12H2,(H,14,15). The van der Waals surface area contributed by atoms with Crippen LogP contribution in [0.3, 0.4) is 0 Å². The van der Waals surface area contributed by atoms with Crippen LogP contribution in [0, 0.1) is 0 Å². The largest absolute Gasteiger partial charge is 0.508 e. The number of nitrogens with two attached hydrogens (primary N) is 1. The summed E-state index contributed by atoms with van der Waals surface area (Å²) in [5, 5.41) is 17.8. The molecule has 0 spiro atoms. The van der Waals surface area contributed by atoms with Gasteiger partial charge in [-0.15, -0.1) is 0 Å². The normalized spacial score (nSPS) is 12.3. The minimum atomic E-state index is -0.960. The van der Waals surface area contributed by atoms with Crippen molar-refractivity contribution < 1.29 is 15.0 Å². The van der Waals surface area contributed by atoms with E-state index in [1.165, 1.54) is 0 Å². The molecule has 5 heteroatoms. The molecule has 0 saturated heterocycles. The summed E-state index contributed by atoms with van der Waals surface area (Å²) in [6.45, 7) is 0. The molecule has 4 nitrogen and oxygen atoms in total. The van der Waals surface area contributed by atoms with Gasteiger partial charge in [-0.3, -0.25) is 4.79 Å². The molecule has 0 aliphatic rings. The van der Waals surface area contributed by atoms with Gasteiger partial charge in [-0.05, 0) is 29.9 Å². The van der Waals surface area contributed by atoms with E-state index < -0.39 is 12.0 Å². The lowest BCUT2D eigenvalue weighted by Gasteiger charge is -2.06. The number of aromatic hydroxyl groups is 1. The maximum atomic E-state index is 10.4. The highest BCUT2D eigenvalue weighted by molar-refractivity contribution is 7.98. The zero-order valence-corrected chi connectivity index (χ0v) is 9.61. The molecule has 1 aromatic rings. The van der Waals surface area contributed by atoms with E-state index in [1.807, 2.05) is 6.07 Å². The second kappa shape index (κ2) is 6.40. The lowest BCUT2D eigenvalue weighted by molar-refractivity contribution is -0.138. The molecule has 0 aromatic heterocycles. The number of rotatable bonds is 6. The Balaban J connectivity index is 2.23. The minimum absolute atomic E-state index is 0.250. The fourth-order valence-corrected chi connectivity index (χ4v) is 2.15. The molecule has 4 N–H and O–H groups in total. The summed E-state index contributed by atoms with van der Waals surface area (Å²) in [7, 11) is 0. The smallest absolute Gasteiger partial charge is 0.320 e. The van der Waals surface area contributed by atoms with Crippen molar-refractivity contribution in [2.75, 3.05) is 5.75 Å². The van der Waals surface area contributed by atoms with E-state index in [0.717, 1.165) is 11.3 Å². The van der Waals surface area contributed by atoms with Gasteiger partial charge >= 0.3 is 5.97 Å². The first-order valence-electron chi connectivity index (χ1n) is 4.93. The van der Waals surface area contributed by atoms with E-state index in [4.69, 9.17) is 10.8 Å². The lowest BCUT2D eigenvalue weighted by atomic mass is 10.2. The molecule has 0 bridgehead atoms. The van der Waals surface area contributed by atoms with Gasteiger partial charge in [0.1, 0.15) is 11.8 Å². The highest BCUT2D eigenvalue weighted by Crippen LogP contribution is 2.17. The monoisotopic (exact) mass is 241 g/mol. The molecular formula is C11H15NO3S. The molecule has 1 aromatic carbocycles. The molecule has 0 aliphatic heterocycles. The van der Waals surface area contributed by atoms with Crippen LogP contribution in [0.5, 0.6) is 5.75 Å². The van der Waals surface area contributed by atoms with Gasteiger partial charge < -0.3 is 15.9 Å². The summed E-state index contributed by atoms with van der Waals surface area (Å²) >= 11 is 1.61. The molecule has 1 atom stereocenters. The zero-order chi connectivity index (χ0) is 12.0. The first-order valence-corrected chi connectivity index (χ1v) is 6.09. The number of benzene rings is 1. The maximum Gasteiger partial charge on any atom is 0.320 e. The number of aliphatic carboxylic acids is 1. The Morgan fingerprint density at radius 3 is 2.88 bits per heavy atom. The average Bonchev–Trinajstić information content (AvgIpc) is 2.24. The summed E-state index contributed by atoms with van der Waals surface area (Å²) in [5.41, 5.74) is 6.39. The lowest BCUT2D eigenvalue weighted by Crippen LogP contribution is -2.30. The number of phenols is 1. The first kappa shape index (κ1) is 12.9. The highest BCUT2D eigenvalue weighted by atomic mass is 32.2. The summed E-state index contributed by atoms with van der Waals surface area (Å²) in [6, 6.07) is 6.24. The number of carbonyl (C=O) groups is 1. The van der Waals surface area contributed by atoms with Crippen LogP contribution in [0.2, 0.25) is 0 Å². The molecule has 1 rings (SSSR count). The Hall–Kier alpha value is -1.20. The van der Waals surface area contributed by atoms with Crippen molar-refractivity contribution in [3.8, 4) is 5.75 Å². The van der Waals surface area contributed by atoms with Crippen molar-refractivity contribution in [2.24, 2.45) is 5.73 Å². The highest BCUT2D eigenvalue weighted by Gasteiger charge is 2.10. The molecule has 0 radical (unpaired) electrons. The second-order valence-corrected chi connectivity index (χ2v) is 4.56. The van der Waals surface area contributed by atoms with Crippen molar-refractivity contribution in [3.63, 3.8) is 0 Å². The van der Waals surface area contributed by atoms with Crippen LogP contribution in [0.25, 0.3) is 0 Å².